The predicted molar refractivity (Wildman–Crippen MR) is 68.0 cm³/mol. The number of fused-ring (bicyclic) bond motifs is 1. The molecule has 1 N–H and O–H groups in total. The summed E-state index contributed by atoms with van der Waals surface area (Å²) < 4.78 is 4.27. The Morgan fingerprint density at radius 1 is 1.33 bits per heavy atom. The van der Waals surface area contributed by atoms with E-state index in [9.17, 15) is 9.59 Å². The minimum Gasteiger partial charge on any atom is -0.481 e. The van der Waals surface area contributed by atoms with E-state index in [1.54, 1.807) is 6.92 Å². The zero-order valence-electron chi connectivity index (χ0n) is 11.3. The van der Waals surface area contributed by atoms with Crippen molar-refractivity contribution in [1.29, 1.82) is 0 Å². The Bertz CT molecular complexity index is 342. The van der Waals surface area contributed by atoms with Crippen molar-refractivity contribution < 1.29 is 19.4 Å². The zero-order chi connectivity index (χ0) is 13.9. The maximum atomic E-state index is 10.8. The van der Waals surface area contributed by atoms with Crippen molar-refractivity contribution in [3.05, 3.63) is 12.2 Å². The minimum atomic E-state index is -0.554. The molecule has 0 amide bonds. The first kappa shape index (κ1) is 14.7. The van der Waals surface area contributed by atoms with Crippen molar-refractivity contribution in [2.45, 2.75) is 33.1 Å². The molecule has 4 heteroatoms. The number of hydrogen-bond acceptors (Lipinski definition) is 3. The van der Waals surface area contributed by atoms with Gasteiger partial charge in [-0.2, -0.15) is 0 Å². The number of ether oxygens (including phenoxy) is 1. The van der Waals surface area contributed by atoms with E-state index in [2.05, 4.69) is 18.2 Å². The quantitative estimate of drug-likeness (QED) is 0.621. The molecule has 3 rings (SSSR count). The van der Waals surface area contributed by atoms with Crippen LogP contribution in [0.15, 0.2) is 12.2 Å². The molecule has 3 fully saturated rings. The van der Waals surface area contributed by atoms with Crippen molar-refractivity contribution in [3.63, 3.8) is 0 Å². The molecule has 0 aromatic carbocycles. The summed E-state index contributed by atoms with van der Waals surface area (Å²) in [4.78, 5) is 21.0. The van der Waals surface area contributed by atoms with Crippen molar-refractivity contribution in [2.24, 2.45) is 23.7 Å². The van der Waals surface area contributed by atoms with Crippen molar-refractivity contribution in [1.82, 2.24) is 0 Å². The second-order valence-electron chi connectivity index (χ2n) is 5.20. The molecule has 0 aromatic rings. The molecule has 4 nitrogen and oxygen atoms in total. The number of esters is 1. The molecule has 0 spiro atoms. The fraction of sp³-hybridized carbons (Fsp3) is 0.714. The molecule has 2 bridgehead atoms. The molecule has 0 aliphatic heterocycles. The van der Waals surface area contributed by atoms with E-state index < -0.39 is 5.97 Å². The summed E-state index contributed by atoms with van der Waals surface area (Å²) in [6.07, 6.45) is 3.43. The molecule has 0 saturated heterocycles. The maximum Gasteiger partial charge on any atom is 0.332 e. The van der Waals surface area contributed by atoms with Gasteiger partial charge in [-0.25, -0.2) is 4.79 Å². The highest BCUT2D eigenvalue weighted by atomic mass is 16.5. The van der Waals surface area contributed by atoms with Crippen LogP contribution < -0.4 is 0 Å². The second kappa shape index (κ2) is 6.03. The third-order valence-electron chi connectivity index (χ3n) is 4.08. The van der Waals surface area contributed by atoms with Gasteiger partial charge in [0, 0.05) is 5.57 Å². The molecule has 2 unspecified atom stereocenters. The van der Waals surface area contributed by atoms with E-state index in [1.807, 2.05) is 0 Å². The first-order valence-electron chi connectivity index (χ1n) is 6.38. The van der Waals surface area contributed by atoms with E-state index in [0.717, 1.165) is 12.3 Å². The SMILES string of the molecule is C=C(C)C(=O)OC.CCC1C2CC(C2)C1C(=O)O. The summed E-state index contributed by atoms with van der Waals surface area (Å²) in [5, 5.41) is 8.91. The fourth-order valence-corrected chi connectivity index (χ4v) is 3.14. The largest absolute Gasteiger partial charge is 0.481 e. The van der Waals surface area contributed by atoms with Gasteiger partial charge in [-0.15, -0.1) is 0 Å². The Morgan fingerprint density at radius 2 is 1.89 bits per heavy atom. The van der Waals surface area contributed by atoms with E-state index >= 15 is 0 Å². The van der Waals surface area contributed by atoms with Crippen LogP contribution in [0, 0.1) is 23.7 Å². The normalized spacial score (nSPS) is 31.7. The maximum absolute atomic E-state index is 10.8. The van der Waals surface area contributed by atoms with Gasteiger partial charge in [0.25, 0.3) is 0 Å². The Morgan fingerprint density at radius 3 is 2.11 bits per heavy atom. The summed E-state index contributed by atoms with van der Waals surface area (Å²) in [6.45, 7) is 7.07. The molecule has 0 aromatic heterocycles. The molecule has 18 heavy (non-hydrogen) atoms. The van der Waals surface area contributed by atoms with Gasteiger partial charge in [-0.1, -0.05) is 19.9 Å². The molecule has 3 aliphatic rings. The Kier molecular flexibility index (Phi) is 4.93. The predicted octanol–water partition coefficient (Wildman–Crippen LogP) is 2.49. The second-order valence-corrected chi connectivity index (χ2v) is 5.20. The average Bonchev–Trinajstić information content (AvgIpc) is 2.81. The molecule has 0 heterocycles. The van der Waals surface area contributed by atoms with E-state index in [1.165, 1.54) is 20.0 Å². The van der Waals surface area contributed by atoms with Crippen LogP contribution in [0.4, 0.5) is 0 Å². The smallest absolute Gasteiger partial charge is 0.332 e. The van der Waals surface area contributed by atoms with Gasteiger partial charge >= 0.3 is 11.9 Å². The summed E-state index contributed by atoms with van der Waals surface area (Å²) in [6, 6.07) is 0. The highest BCUT2D eigenvalue weighted by molar-refractivity contribution is 5.86. The third-order valence-corrected chi connectivity index (χ3v) is 4.08. The molecule has 102 valence electrons. The van der Waals surface area contributed by atoms with Gasteiger partial charge in [-0.05, 0) is 37.5 Å². The van der Waals surface area contributed by atoms with Gasteiger partial charge in [0.1, 0.15) is 0 Å². The Labute approximate surface area is 108 Å². The minimum absolute atomic E-state index is 0.00463. The van der Waals surface area contributed by atoms with Crippen molar-refractivity contribution >= 4 is 11.9 Å². The van der Waals surface area contributed by atoms with Gasteiger partial charge in [0.15, 0.2) is 0 Å². The van der Waals surface area contributed by atoms with Gasteiger partial charge < -0.3 is 9.84 Å². The van der Waals surface area contributed by atoms with Crippen molar-refractivity contribution in [3.8, 4) is 0 Å². The lowest BCUT2D eigenvalue weighted by molar-refractivity contribution is -0.143. The fourth-order valence-electron chi connectivity index (χ4n) is 3.14. The van der Waals surface area contributed by atoms with E-state index in [-0.39, 0.29) is 11.9 Å². The lowest BCUT2D eigenvalue weighted by Gasteiger charge is -2.23. The molecule has 3 saturated carbocycles. The van der Waals surface area contributed by atoms with Crippen molar-refractivity contribution in [2.75, 3.05) is 7.11 Å². The van der Waals surface area contributed by atoms with E-state index in [0.29, 0.717) is 17.4 Å². The highest BCUT2D eigenvalue weighted by Gasteiger charge is 2.54. The van der Waals surface area contributed by atoms with Gasteiger partial charge in [0.2, 0.25) is 0 Å². The first-order chi connectivity index (χ1) is 8.42. The Hall–Kier alpha value is -1.32. The number of carbonyl (C=O) groups excluding carboxylic acids is 1. The lowest BCUT2D eigenvalue weighted by atomic mass is 9.81. The number of aliphatic carboxylic acids is 1. The average molecular weight is 254 g/mol. The number of carboxylic acid groups (broad SMARTS) is 1. The number of carboxylic acids is 1. The molecule has 3 aliphatic carbocycles. The van der Waals surface area contributed by atoms with Crippen LogP contribution in [0.5, 0.6) is 0 Å². The van der Waals surface area contributed by atoms with Gasteiger partial charge in [0.05, 0.1) is 13.0 Å². The monoisotopic (exact) mass is 254 g/mol. The van der Waals surface area contributed by atoms with Crippen LogP contribution in [0.2, 0.25) is 0 Å². The molecular formula is C14H22O4. The summed E-state index contributed by atoms with van der Waals surface area (Å²) in [5.74, 6) is 0.887. The van der Waals surface area contributed by atoms with Crippen LogP contribution in [0.3, 0.4) is 0 Å². The van der Waals surface area contributed by atoms with Crippen LogP contribution in [-0.2, 0) is 14.3 Å². The molecule has 0 radical (unpaired) electrons. The van der Waals surface area contributed by atoms with Crippen LogP contribution in [0.1, 0.15) is 33.1 Å². The van der Waals surface area contributed by atoms with E-state index in [4.69, 9.17) is 5.11 Å². The lowest BCUT2D eigenvalue weighted by Crippen LogP contribution is -2.20. The number of rotatable bonds is 3. The van der Waals surface area contributed by atoms with Gasteiger partial charge in [-0.3, -0.25) is 4.79 Å². The number of hydrogen-bond donors (Lipinski definition) is 1. The molecule has 2 atom stereocenters. The van der Waals surface area contributed by atoms with Crippen LogP contribution in [0.25, 0.3) is 0 Å². The third kappa shape index (κ3) is 2.92. The highest BCUT2D eigenvalue weighted by Crippen LogP contribution is 2.57. The van der Waals surface area contributed by atoms with Crippen LogP contribution in [-0.4, -0.2) is 24.2 Å². The molecular weight excluding hydrogens is 232 g/mol. The number of methoxy groups -OCH3 is 1. The topological polar surface area (TPSA) is 63.6 Å². The Balaban J connectivity index is 0.000000203. The van der Waals surface area contributed by atoms with Crippen LogP contribution >= 0.6 is 0 Å². The first-order valence-corrected chi connectivity index (χ1v) is 6.38. The summed E-state index contributed by atoms with van der Waals surface area (Å²) in [7, 11) is 1.33. The summed E-state index contributed by atoms with van der Waals surface area (Å²) >= 11 is 0. The zero-order valence-corrected chi connectivity index (χ0v) is 11.3. The number of carbonyl (C=O) groups is 2. The standard InChI is InChI=1S/C9H14O2.C5H8O2/c1-2-7-5-3-6(4-5)8(7)9(10)11;1-4(2)5(6)7-3/h5-8H,2-4H2,1H3,(H,10,11);1H2,2-3H3. The summed E-state index contributed by atoms with van der Waals surface area (Å²) in [5.41, 5.74) is 0.433.